The highest BCUT2D eigenvalue weighted by atomic mass is 16.5. The summed E-state index contributed by atoms with van der Waals surface area (Å²) < 4.78 is 6.03. The minimum Gasteiger partial charge on any atom is -0.492 e. The van der Waals surface area contributed by atoms with Crippen LogP contribution in [-0.2, 0) is 0 Å². The number of rotatable bonds is 5. The molecule has 26 heavy (non-hydrogen) atoms. The fraction of sp³-hybridized carbons (Fsp3) is 0.409. The van der Waals surface area contributed by atoms with Crippen LogP contribution >= 0.6 is 0 Å². The first kappa shape index (κ1) is 18.5. The zero-order valence-corrected chi connectivity index (χ0v) is 16.1. The lowest BCUT2D eigenvalue weighted by Crippen LogP contribution is -2.49. The van der Waals surface area contributed by atoms with Gasteiger partial charge in [-0.3, -0.25) is 10.3 Å². The molecule has 1 heterocycles. The van der Waals surface area contributed by atoms with Crippen molar-refractivity contribution >= 4 is 5.84 Å². The highest BCUT2D eigenvalue weighted by Crippen LogP contribution is 2.22. The van der Waals surface area contributed by atoms with Crippen molar-refractivity contribution in [3.05, 3.63) is 64.7 Å². The predicted octanol–water partition coefficient (Wildman–Crippen LogP) is 3.63. The molecule has 1 N–H and O–H groups in total. The largest absolute Gasteiger partial charge is 0.492 e. The summed E-state index contributed by atoms with van der Waals surface area (Å²) in [7, 11) is 0. The topological polar surface area (TPSA) is 39.6 Å². The molecule has 1 aliphatic rings. The van der Waals surface area contributed by atoms with Crippen molar-refractivity contribution in [1.29, 1.82) is 5.41 Å². The van der Waals surface area contributed by atoms with Gasteiger partial charge in [0.05, 0.1) is 0 Å². The Hall–Kier alpha value is -2.33. The summed E-state index contributed by atoms with van der Waals surface area (Å²) >= 11 is 0. The Bertz CT molecular complexity index is 743. The van der Waals surface area contributed by atoms with Crippen LogP contribution in [0.1, 0.15) is 22.3 Å². The molecule has 0 spiro atoms. The number of hydrogen-bond acceptors (Lipinski definition) is 3. The fourth-order valence-electron chi connectivity index (χ4n) is 3.47. The summed E-state index contributed by atoms with van der Waals surface area (Å²) in [6, 6.07) is 14.5. The molecule has 4 nitrogen and oxygen atoms in total. The summed E-state index contributed by atoms with van der Waals surface area (Å²) in [5, 5.41) is 8.47. The van der Waals surface area contributed by atoms with Gasteiger partial charge in [-0.05, 0) is 38.0 Å². The van der Waals surface area contributed by atoms with Crippen molar-refractivity contribution in [2.45, 2.75) is 20.8 Å². The molecule has 2 aromatic carbocycles. The number of ether oxygens (including phenoxy) is 1. The lowest BCUT2D eigenvalue weighted by atomic mass is 10.1. The Morgan fingerprint density at radius 1 is 0.962 bits per heavy atom. The van der Waals surface area contributed by atoms with Gasteiger partial charge in [0.25, 0.3) is 0 Å². The van der Waals surface area contributed by atoms with Crippen LogP contribution in [0.15, 0.2) is 42.5 Å². The molecule has 0 radical (unpaired) electrons. The zero-order valence-electron chi connectivity index (χ0n) is 16.1. The third kappa shape index (κ3) is 4.44. The van der Waals surface area contributed by atoms with E-state index in [1.807, 2.05) is 12.1 Å². The first-order valence-corrected chi connectivity index (χ1v) is 9.36. The lowest BCUT2D eigenvalue weighted by molar-refractivity contribution is 0.153. The van der Waals surface area contributed by atoms with Crippen LogP contribution in [0.25, 0.3) is 0 Å². The molecule has 0 amide bonds. The van der Waals surface area contributed by atoms with E-state index in [2.05, 4.69) is 60.9 Å². The highest BCUT2D eigenvalue weighted by Gasteiger charge is 2.19. The van der Waals surface area contributed by atoms with Gasteiger partial charge in [0, 0.05) is 38.3 Å². The Labute approximate surface area is 156 Å². The number of nitrogens with one attached hydrogen (secondary N) is 1. The summed E-state index contributed by atoms with van der Waals surface area (Å²) in [4.78, 5) is 4.60. The third-order valence-corrected chi connectivity index (χ3v) is 5.04. The molecular weight excluding hydrogens is 322 g/mol. The SMILES string of the molecule is Cc1cccc(C(=N)N2CCN(CCOc3c(C)cccc3C)CC2)c1. The summed E-state index contributed by atoms with van der Waals surface area (Å²) in [5.41, 5.74) is 4.61. The molecular formula is C22H29N3O. The van der Waals surface area contributed by atoms with Crippen LogP contribution in [0.4, 0.5) is 0 Å². The predicted molar refractivity (Wildman–Crippen MR) is 107 cm³/mol. The zero-order chi connectivity index (χ0) is 18.5. The molecule has 1 fully saturated rings. The van der Waals surface area contributed by atoms with Crippen molar-refractivity contribution in [2.24, 2.45) is 0 Å². The number of amidine groups is 1. The van der Waals surface area contributed by atoms with Gasteiger partial charge in [0.15, 0.2) is 0 Å². The lowest BCUT2D eigenvalue weighted by Gasteiger charge is -2.36. The van der Waals surface area contributed by atoms with E-state index in [0.717, 1.165) is 44.0 Å². The van der Waals surface area contributed by atoms with Crippen LogP contribution in [0, 0.1) is 26.2 Å². The van der Waals surface area contributed by atoms with E-state index in [1.54, 1.807) is 0 Å². The summed E-state index contributed by atoms with van der Waals surface area (Å²) in [6.45, 7) is 11.7. The molecule has 2 aromatic rings. The molecule has 1 saturated heterocycles. The minimum atomic E-state index is 0.639. The van der Waals surface area contributed by atoms with Crippen molar-refractivity contribution in [2.75, 3.05) is 39.3 Å². The molecule has 4 heteroatoms. The van der Waals surface area contributed by atoms with Gasteiger partial charge in [0.2, 0.25) is 0 Å². The first-order chi connectivity index (χ1) is 12.5. The van der Waals surface area contributed by atoms with E-state index >= 15 is 0 Å². The van der Waals surface area contributed by atoms with E-state index in [0.29, 0.717) is 12.4 Å². The van der Waals surface area contributed by atoms with E-state index in [1.165, 1.54) is 16.7 Å². The summed E-state index contributed by atoms with van der Waals surface area (Å²) in [5.74, 6) is 1.66. The second-order valence-electron chi connectivity index (χ2n) is 7.12. The second-order valence-corrected chi connectivity index (χ2v) is 7.12. The Morgan fingerprint density at radius 3 is 2.27 bits per heavy atom. The van der Waals surface area contributed by atoms with Crippen LogP contribution in [0.2, 0.25) is 0 Å². The molecule has 0 saturated carbocycles. The van der Waals surface area contributed by atoms with E-state index in [9.17, 15) is 0 Å². The number of para-hydroxylation sites is 1. The van der Waals surface area contributed by atoms with Gasteiger partial charge in [-0.15, -0.1) is 0 Å². The maximum atomic E-state index is 8.47. The Balaban J connectivity index is 1.46. The Morgan fingerprint density at radius 2 is 1.62 bits per heavy atom. The number of hydrogen-bond donors (Lipinski definition) is 1. The van der Waals surface area contributed by atoms with Crippen LogP contribution < -0.4 is 4.74 Å². The monoisotopic (exact) mass is 351 g/mol. The number of benzene rings is 2. The molecule has 3 rings (SSSR count). The number of aryl methyl sites for hydroxylation is 3. The van der Waals surface area contributed by atoms with Gasteiger partial charge in [-0.2, -0.15) is 0 Å². The quantitative estimate of drug-likeness (QED) is 0.660. The van der Waals surface area contributed by atoms with Crippen LogP contribution in [0.5, 0.6) is 5.75 Å². The second kappa shape index (κ2) is 8.37. The first-order valence-electron chi connectivity index (χ1n) is 9.36. The van der Waals surface area contributed by atoms with Crippen molar-refractivity contribution < 1.29 is 4.74 Å². The van der Waals surface area contributed by atoms with Crippen molar-refractivity contribution in [3.8, 4) is 5.75 Å². The fourth-order valence-corrected chi connectivity index (χ4v) is 3.47. The average Bonchev–Trinajstić information content (AvgIpc) is 2.64. The highest BCUT2D eigenvalue weighted by molar-refractivity contribution is 5.96. The third-order valence-electron chi connectivity index (χ3n) is 5.04. The molecule has 0 bridgehead atoms. The molecule has 0 aromatic heterocycles. The molecule has 0 atom stereocenters. The van der Waals surface area contributed by atoms with Gasteiger partial charge in [-0.1, -0.05) is 42.0 Å². The molecule has 1 aliphatic heterocycles. The smallest absolute Gasteiger partial charge is 0.128 e. The summed E-state index contributed by atoms with van der Waals surface area (Å²) in [6.07, 6.45) is 0. The van der Waals surface area contributed by atoms with E-state index in [-0.39, 0.29) is 0 Å². The van der Waals surface area contributed by atoms with Gasteiger partial charge in [-0.25, -0.2) is 0 Å². The van der Waals surface area contributed by atoms with Gasteiger partial charge >= 0.3 is 0 Å². The molecule has 138 valence electrons. The van der Waals surface area contributed by atoms with Crippen LogP contribution in [0.3, 0.4) is 0 Å². The maximum Gasteiger partial charge on any atom is 0.128 e. The van der Waals surface area contributed by atoms with Crippen LogP contribution in [-0.4, -0.2) is 55.0 Å². The molecule has 0 aliphatic carbocycles. The normalized spacial score (nSPS) is 15.1. The molecule has 0 unspecified atom stereocenters. The number of nitrogens with zero attached hydrogens (tertiary/aromatic N) is 2. The van der Waals surface area contributed by atoms with Gasteiger partial charge < -0.3 is 9.64 Å². The average molecular weight is 351 g/mol. The van der Waals surface area contributed by atoms with E-state index < -0.39 is 0 Å². The number of piperazine rings is 1. The van der Waals surface area contributed by atoms with Gasteiger partial charge in [0.1, 0.15) is 18.2 Å². The van der Waals surface area contributed by atoms with Crippen molar-refractivity contribution in [1.82, 2.24) is 9.80 Å². The van der Waals surface area contributed by atoms with E-state index in [4.69, 9.17) is 10.1 Å². The Kier molecular flexibility index (Phi) is 5.94. The standard InChI is InChI=1S/C22H29N3O/c1-17-6-4-9-20(16-17)22(23)25-12-10-24(11-13-25)14-15-26-21-18(2)7-5-8-19(21)3/h4-9,16,23H,10-15H2,1-3H3. The van der Waals surface area contributed by atoms with Crippen molar-refractivity contribution in [3.63, 3.8) is 0 Å². The maximum absolute atomic E-state index is 8.47. The minimum absolute atomic E-state index is 0.639.